The fourth-order valence-corrected chi connectivity index (χ4v) is 0.965. The van der Waals surface area contributed by atoms with E-state index < -0.39 is 24.4 Å². The van der Waals surface area contributed by atoms with Crippen LogP contribution in [-0.4, -0.2) is 34.4 Å². The summed E-state index contributed by atoms with van der Waals surface area (Å²) in [4.78, 5) is 20.4. The van der Waals surface area contributed by atoms with Crippen molar-refractivity contribution in [3.05, 3.63) is 0 Å². The maximum atomic E-state index is 10.3. The summed E-state index contributed by atoms with van der Waals surface area (Å²) in [5.74, 6) is -2.28. The minimum Gasteiger partial charge on any atom is -0.481 e. The number of nitrogens with one attached hydrogen (secondary N) is 1. The first-order valence-corrected chi connectivity index (χ1v) is 4.03. The normalized spacial score (nSPS) is 12.5. The molecule has 0 aromatic heterocycles. The number of carboxylic acids is 2. The van der Waals surface area contributed by atoms with Crippen LogP contribution in [0.5, 0.6) is 0 Å². The van der Waals surface area contributed by atoms with Crippen molar-refractivity contribution in [2.75, 3.05) is 6.26 Å². The van der Waals surface area contributed by atoms with Crippen molar-refractivity contribution in [3.8, 4) is 0 Å². The second kappa shape index (κ2) is 4.97. The first-order valence-electron chi connectivity index (χ1n) is 2.81. The number of hydrogen-bond donors (Lipinski definition) is 3. The van der Waals surface area contributed by atoms with E-state index in [2.05, 4.69) is 4.72 Å². The number of carbonyl (C=O) groups is 2. The van der Waals surface area contributed by atoms with Gasteiger partial charge in [-0.25, -0.2) is 4.72 Å². The number of hydrogen-bond acceptors (Lipinski definition) is 4. The van der Waals surface area contributed by atoms with Crippen molar-refractivity contribution in [3.63, 3.8) is 0 Å². The summed E-state index contributed by atoms with van der Waals surface area (Å²) in [5.41, 5.74) is 0. The van der Waals surface area contributed by atoms with E-state index in [1.165, 1.54) is 0 Å². The lowest BCUT2D eigenvalue weighted by molar-refractivity contribution is -0.145. The van der Waals surface area contributed by atoms with Gasteiger partial charge in [-0.2, -0.15) is 0 Å². The predicted octanol–water partition coefficient (Wildman–Crippen LogP) is -0.218. The van der Waals surface area contributed by atoms with Crippen molar-refractivity contribution >= 4 is 23.9 Å². The lowest BCUT2D eigenvalue weighted by atomic mass is 10.2. The van der Waals surface area contributed by atoms with E-state index in [0.29, 0.717) is 0 Å². The van der Waals surface area contributed by atoms with Crippen LogP contribution in [0.3, 0.4) is 0 Å². The molecule has 0 spiro atoms. The molecule has 6 heteroatoms. The van der Waals surface area contributed by atoms with Gasteiger partial charge in [-0.1, -0.05) is 11.9 Å². The Morgan fingerprint density at radius 3 is 2.36 bits per heavy atom. The summed E-state index contributed by atoms with van der Waals surface area (Å²) >= 11 is 1.09. The quantitative estimate of drug-likeness (QED) is 0.506. The number of rotatable bonds is 5. The second-order valence-electron chi connectivity index (χ2n) is 1.81. The van der Waals surface area contributed by atoms with Gasteiger partial charge in [0, 0.05) is 0 Å². The Balaban J connectivity index is 3.89. The molecule has 0 radical (unpaired) electrons. The molecular weight excluding hydrogens is 170 g/mol. The minimum atomic E-state index is -1.15. The molecule has 3 N–H and O–H groups in total. The van der Waals surface area contributed by atoms with E-state index in [1.807, 2.05) is 0 Å². The Hall–Kier alpha value is -0.750. The van der Waals surface area contributed by atoms with E-state index in [-0.39, 0.29) is 0 Å². The molecule has 0 bridgehead atoms. The summed E-state index contributed by atoms with van der Waals surface area (Å²) in [6, 6.07) is -1.01. The molecule has 0 aliphatic heterocycles. The molecule has 0 fully saturated rings. The molecule has 0 aromatic rings. The average molecular weight is 179 g/mol. The van der Waals surface area contributed by atoms with Gasteiger partial charge >= 0.3 is 11.9 Å². The summed E-state index contributed by atoms with van der Waals surface area (Å²) in [6.45, 7) is 0. The molecule has 0 aromatic carbocycles. The van der Waals surface area contributed by atoms with Crippen molar-refractivity contribution in [2.45, 2.75) is 12.5 Å². The van der Waals surface area contributed by atoms with Gasteiger partial charge in [-0.3, -0.25) is 9.59 Å². The Kier molecular flexibility index (Phi) is 4.64. The highest BCUT2D eigenvalue weighted by Crippen LogP contribution is 1.97. The third-order valence-corrected chi connectivity index (χ3v) is 1.46. The Labute approximate surface area is 67.9 Å². The van der Waals surface area contributed by atoms with Gasteiger partial charge in [-0.05, 0) is 6.26 Å². The average Bonchev–Trinajstić information content (AvgIpc) is 1.86. The zero-order chi connectivity index (χ0) is 8.85. The third-order valence-electron chi connectivity index (χ3n) is 0.937. The summed E-state index contributed by atoms with van der Waals surface area (Å²) < 4.78 is 2.45. The van der Waals surface area contributed by atoms with Gasteiger partial charge in [0.2, 0.25) is 0 Å². The fourth-order valence-electron chi connectivity index (χ4n) is 0.496. The van der Waals surface area contributed by atoms with E-state index >= 15 is 0 Å². The van der Waals surface area contributed by atoms with Crippen LogP contribution in [0.15, 0.2) is 0 Å². The minimum absolute atomic E-state index is 0.407. The molecule has 64 valence electrons. The van der Waals surface area contributed by atoms with Crippen LogP contribution in [0.1, 0.15) is 6.42 Å². The number of carboxylic acid groups (broad SMARTS) is 2. The van der Waals surface area contributed by atoms with Crippen molar-refractivity contribution < 1.29 is 19.8 Å². The fraction of sp³-hybridized carbons (Fsp3) is 0.600. The van der Waals surface area contributed by atoms with Crippen molar-refractivity contribution in [1.82, 2.24) is 4.72 Å². The van der Waals surface area contributed by atoms with Gasteiger partial charge in [0.05, 0.1) is 6.42 Å². The molecule has 0 aliphatic rings. The molecule has 5 nitrogen and oxygen atoms in total. The standard InChI is InChI=1S/C5H9NO4S/c1-11-6-3(5(9)10)2-4(7)8/h3,6H,2H2,1H3,(H,7,8)(H,9,10). The Bertz CT molecular complexity index is 161. The molecule has 1 atom stereocenters. The highest BCUT2D eigenvalue weighted by molar-refractivity contribution is 7.96. The van der Waals surface area contributed by atoms with Gasteiger partial charge in [0.1, 0.15) is 6.04 Å². The van der Waals surface area contributed by atoms with Crippen LogP contribution in [-0.2, 0) is 9.59 Å². The zero-order valence-electron chi connectivity index (χ0n) is 5.90. The van der Waals surface area contributed by atoms with Crippen molar-refractivity contribution in [1.29, 1.82) is 0 Å². The largest absolute Gasteiger partial charge is 0.481 e. The van der Waals surface area contributed by atoms with Crippen LogP contribution in [0, 0.1) is 0 Å². The predicted molar refractivity (Wildman–Crippen MR) is 40.3 cm³/mol. The first kappa shape index (κ1) is 10.2. The molecule has 0 rings (SSSR count). The molecule has 0 aliphatic carbocycles. The van der Waals surface area contributed by atoms with Gasteiger partial charge in [0.15, 0.2) is 0 Å². The summed E-state index contributed by atoms with van der Waals surface area (Å²) in [7, 11) is 0. The Morgan fingerprint density at radius 1 is 1.55 bits per heavy atom. The zero-order valence-corrected chi connectivity index (χ0v) is 6.72. The van der Waals surface area contributed by atoms with Gasteiger partial charge in [-0.15, -0.1) is 0 Å². The Morgan fingerprint density at radius 2 is 2.09 bits per heavy atom. The molecule has 1 unspecified atom stereocenters. The molecule has 0 saturated carbocycles. The molecule has 11 heavy (non-hydrogen) atoms. The lowest BCUT2D eigenvalue weighted by Crippen LogP contribution is -2.34. The topological polar surface area (TPSA) is 86.6 Å². The summed E-state index contributed by atoms with van der Waals surface area (Å²) in [6.07, 6.45) is 1.23. The second-order valence-corrected chi connectivity index (χ2v) is 2.45. The highest BCUT2D eigenvalue weighted by atomic mass is 32.2. The van der Waals surface area contributed by atoms with Crippen LogP contribution in [0.4, 0.5) is 0 Å². The molecule has 0 saturated heterocycles. The molecule has 0 amide bonds. The van der Waals surface area contributed by atoms with E-state index in [9.17, 15) is 9.59 Å². The van der Waals surface area contributed by atoms with Crippen LogP contribution in [0.25, 0.3) is 0 Å². The third kappa shape index (κ3) is 4.63. The first-order chi connectivity index (χ1) is 5.07. The van der Waals surface area contributed by atoms with Gasteiger partial charge in [0.25, 0.3) is 0 Å². The maximum absolute atomic E-state index is 10.3. The van der Waals surface area contributed by atoms with Crippen molar-refractivity contribution in [2.24, 2.45) is 0 Å². The summed E-state index contributed by atoms with van der Waals surface area (Å²) in [5, 5.41) is 16.7. The van der Waals surface area contributed by atoms with E-state index in [0.717, 1.165) is 11.9 Å². The molecular formula is C5H9NO4S. The lowest BCUT2D eigenvalue weighted by Gasteiger charge is -2.08. The van der Waals surface area contributed by atoms with Crippen LogP contribution < -0.4 is 4.72 Å². The number of aliphatic carboxylic acids is 2. The molecule has 0 heterocycles. The SMILES string of the molecule is CSNC(CC(=O)O)C(=O)O. The van der Waals surface area contributed by atoms with Crippen LogP contribution >= 0.6 is 11.9 Å². The van der Waals surface area contributed by atoms with Gasteiger partial charge < -0.3 is 10.2 Å². The maximum Gasteiger partial charge on any atom is 0.322 e. The van der Waals surface area contributed by atoms with E-state index in [4.69, 9.17) is 10.2 Å². The smallest absolute Gasteiger partial charge is 0.322 e. The monoisotopic (exact) mass is 179 g/mol. The van der Waals surface area contributed by atoms with Crippen LogP contribution in [0.2, 0.25) is 0 Å². The van der Waals surface area contributed by atoms with E-state index in [1.54, 1.807) is 6.26 Å². The highest BCUT2D eigenvalue weighted by Gasteiger charge is 2.19.